The van der Waals surface area contributed by atoms with Gasteiger partial charge < -0.3 is 29.7 Å². The highest BCUT2D eigenvalue weighted by Gasteiger charge is 2.31. The first-order chi connectivity index (χ1) is 11.1. The Morgan fingerprint density at radius 3 is 2.17 bits per heavy atom. The van der Waals surface area contributed by atoms with E-state index in [0.717, 1.165) is 0 Å². The van der Waals surface area contributed by atoms with Gasteiger partial charge in [-0.05, 0) is 38.5 Å². The Kier molecular flexibility index (Phi) is 6.42. The maximum atomic E-state index is 11.8. The molecule has 0 radical (unpaired) electrons. The van der Waals surface area contributed by atoms with Crippen molar-refractivity contribution in [1.29, 1.82) is 0 Å². The molecule has 2 atom stereocenters. The van der Waals surface area contributed by atoms with E-state index in [1.165, 1.54) is 32.4 Å². The van der Waals surface area contributed by atoms with Crippen LogP contribution in [-0.2, 0) is 9.53 Å². The molecule has 1 aromatic rings. The maximum Gasteiger partial charge on any atom is 0.408 e. The van der Waals surface area contributed by atoms with Crippen molar-refractivity contribution >= 4 is 12.1 Å². The van der Waals surface area contributed by atoms with Crippen LogP contribution in [0.4, 0.5) is 4.79 Å². The normalized spacial score (nSPS) is 13.6. The number of amides is 1. The second-order valence-corrected chi connectivity index (χ2v) is 6.02. The number of nitrogens with one attached hydrogen (secondary N) is 1. The molecule has 134 valence electrons. The van der Waals surface area contributed by atoms with Gasteiger partial charge in [0.25, 0.3) is 0 Å². The third-order valence-corrected chi connectivity index (χ3v) is 3.00. The van der Waals surface area contributed by atoms with Gasteiger partial charge in [0.1, 0.15) is 11.7 Å². The van der Waals surface area contributed by atoms with Crippen molar-refractivity contribution in [3.8, 4) is 11.5 Å². The Labute approximate surface area is 140 Å². The molecule has 24 heavy (non-hydrogen) atoms. The molecule has 1 aromatic carbocycles. The quantitative estimate of drug-likeness (QED) is 0.721. The Balaban J connectivity index is 3.00. The third-order valence-electron chi connectivity index (χ3n) is 3.00. The van der Waals surface area contributed by atoms with E-state index >= 15 is 0 Å². The highest BCUT2D eigenvalue weighted by atomic mass is 16.6. The van der Waals surface area contributed by atoms with Crippen molar-refractivity contribution in [3.05, 3.63) is 23.8 Å². The lowest BCUT2D eigenvalue weighted by atomic mass is 10.0. The molecular weight excluding hydrogens is 318 g/mol. The molecule has 0 saturated carbocycles. The Morgan fingerprint density at radius 1 is 1.12 bits per heavy atom. The van der Waals surface area contributed by atoms with Gasteiger partial charge in [-0.3, -0.25) is 0 Å². The topological polar surface area (TPSA) is 114 Å². The molecule has 0 aliphatic heterocycles. The zero-order valence-electron chi connectivity index (χ0n) is 14.3. The van der Waals surface area contributed by atoms with Crippen molar-refractivity contribution < 1.29 is 34.0 Å². The molecule has 0 aliphatic carbocycles. The highest BCUT2D eigenvalue weighted by Crippen LogP contribution is 2.31. The van der Waals surface area contributed by atoms with Crippen molar-refractivity contribution in [1.82, 2.24) is 5.32 Å². The smallest absolute Gasteiger partial charge is 0.408 e. The van der Waals surface area contributed by atoms with E-state index < -0.39 is 29.8 Å². The van der Waals surface area contributed by atoms with Crippen molar-refractivity contribution in [2.75, 3.05) is 14.2 Å². The summed E-state index contributed by atoms with van der Waals surface area (Å²) in [5.74, 6) is -0.640. The number of hydrogen-bond acceptors (Lipinski definition) is 6. The molecular formula is C16H23NO7. The van der Waals surface area contributed by atoms with Crippen LogP contribution in [0.2, 0.25) is 0 Å². The first-order valence-electron chi connectivity index (χ1n) is 7.21. The van der Waals surface area contributed by atoms with Crippen LogP contribution in [0.3, 0.4) is 0 Å². The summed E-state index contributed by atoms with van der Waals surface area (Å²) in [4.78, 5) is 23.2. The summed E-state index contributed by atoms with van der Waals surface area (Å²) in [6, 6.07) is 2.87. The molecule has 0 aliphatic rings. The summed E-state index contributed by atoms with van der Waals surface area (Å²) in [7, 11) is 2.87. The highest BCUT2D eigenvalue weighted by molar-refractivity contribution is 5.81. The Bertz CT molecular complexity index is 595. The number of carboxylic acid groups (broad SMARTS) is 1. The first kappa shape index (κ1) is 19.6. The van der Waals surface area contributed by atoms with Gasteiger partial charge in [-0.1, -0.05) is 6.07 Å². The molecule has 8 nitrogen and oxygen atoms in total. The SMILES string of the molecule is COc1ccc(C(O)C(NC(=O)OC(C)(C)C)C(=O)O)cc1OC. The van der Waals surface area contributed by atoms with Gasteiger partial charge in [-0.2, -0.15) is 0 Å². The fourth-order valence-corrected chi connectivity index (χ4v) is 1.94. The number of rotatable bonds is 6. The summed E-state index contributed by atoms with van der Waals surface area (Å²) in [6.45, 7) is 4.94. The van der Waals surface area contributed by atoms with E-state index in [2.05, 4.69) is 5.32 Å². The summed E-state index contributed by atoms with van der Waals surface area (Å²) < 4.78 is 15.2. The maximum absolute atomic E-state index is 11.8. The summed E-state index contributed by atoms with van der Waals surface area (Å²) in [6.07, 6.45) is -2.44. The van der Waals surface area contributed by atoms with Crippen LogP contribution in [0, 0.1) is 0 Å². The van der Waals surface area contributed by atoms with Gasteiger partial charge in [0.2, 0.25) is 0 Å². The van der Waals surface area contributed by atoms with Crippen LogP contribution in [0.15, 0.2) is 18.2 Å². The van der Waals surface area contributed by atoms with Gasteiger partial charge in [-0.15, -0.1) is 0 Å². The number of benzene rings is 1. The van der Waals surface area contributed by atoms with Crippen LogP contribution in [0.1, 0.15) is 32.4 Å². The fraction of sp³-hybridized carbons (Fsp3) is 0.500. The lowest BCUT2D eigenvalue weighted by Gasteiger charge is -2.24. The minimum absolute atomic E-state index is 0.246. The molecule has 1 amide bonds. The van der Waals surface area contributed by atoms with Gasteiger partial charge in [0.15, 0.2) is 17.5 Å². The molecule has 2 unspecified atom stereocenters. The Hall–Kier alpha value is -2.48. The predicted octanol–water partition coefficient (Wildman–Crippen LogP) is 1.72. The number of aliphatic carboxylic acids is 1. The van der Waals surface area contributed by atoms with Crippen molar-refractivity contribution in [2.45, 2.75) is 38.5 Å². The molecule has 8 heteroatoms. The monoisotopic (exact) mass is 341 g/mol. The van der Waals surface area contributed by atoms with E-state index in [9.17, 15) is 19.8 Å². The predicted molar refractivity (Wildman–Crippen MR) is 85.3 cm³/mol. The zero-order valence-corrected chi connectivity index (χ0v) is 14.3. The van der Waals surface area contributed by atoms with Crippen molar-refractivity contribution in [2.24, 2.45) is 0 Å². The van der Waals surface area contributed by atoms with Crippen LogP contribution >= 0.6 is 0 Å². The van der Waals surface area contributed by atoms with Crippen LogP contribution in [0.25, 0.3) is 0 Å². The molecule has 0 heterocycles. The number of carboxylic acids is 1. The average molecular weight is 341 g/mol. The van der Waals surface area contributed by atoms with Crippen LogP contribution in [-0.4, -0.2) is 48.1 Å². The number of aliphatic hydroxyl groups is 1. The van der Waals surface area contributed by atoms with Crippen LogP contribution in [0.5, 0.6) is 11.5 Å². The lowest BCUT2D eigenvalue weighted by Crippen LogP contribution is -2.46. The second kappa shape index (κ2) is 7.87. The second-order valence-electron chi connectivity index (χ2n) is 6.02. The number of methoxy groups -OCH3 is 2. The number of alkyl carbamates (subject to hydrolysis) is 1. The number of aliphatic hydroxyl groups excluding tert-OH is 1. The van der Waals surface area contributed by atoms with E-state index in [0.29, 0.717) is 11.5 Å². The molecule has 0 bridgehead atoms. The molecule has 0 saturated heterocycles. The van der Waals surface area contributed by atoms with Crippen LogP contribution < -0.4 is 14.8 Å². The minimum Gasteiger partial charge on any atom is -0.493 e. The van der Waals surface area contributed by atoms with Gasteiger partial charge >= 0.3 is 12.1 Å². The number of carbonyl (C=O) groups excluding carboxylic acids is 1. The van der Waals surface area contributed by atoms with E-state index in [1.54, 1.807) is 20.8 Å². The van der Waals surface area contributed by atoms with Gasteiger partial charge in [0.05, 0.1) is 14.2 Å². The van der Waals surface area contributed by atoms with E-state index in [-0.39, 0.29) is 5.56 Å². The Morgan fingerprint density at radius 2 is 1.71 bits per heavy atom. The molecule has 0 fully saturated rings. The number of carbonyl (C=O) groups is 2. The zero-order chi connectivity index (χ0) is 18.5. The summed E-state index contributed by atoms with van der Waals surface area (Å²) in [5.41, 5.74) is -0.544. The summed E-state index contributed by atoms with van der Waals surface area (Å²) >= 11 is 0. The largest absolute Gasteiger partial charge is 0.493 e. The van der Waals surface area contributed by atoms with Gasteiger partial charge in [-0.25, -0.2) is 9.59 Å². The van der Waals surface area contributed by atoms with Gasteiger partial charge in [0, 0.05) is 0 Å². The standard InChI is InChI=1S/C16H23NO7/c1-16(2,3)24-15(21)17-12(14(19)20)13(18)9-6-7-10(22-4)11(8-9)23-5/h6-8,12-13,18H,1-5H3,(H,17,21)(H,19,20). The molecule has 0 aromatic heterocycles. The minimum atomic E-state index is -1.59. The lowest BCUT2D eigenvalue weighted by molar-refractivity contribution is -0.142. The van der Waals surface area contributed by atoms with E-state index in [1.807, 2.05) is 0 Å². The third kappa shape index (κ3) is 5.31. The first-order valence-corrected chi connectivity index (χ1v) is 7.21. The van der Waals surface area contributed by atoms with Crippen molar-refractivity contribution in [3.63, 3.8) is 0 Å². The fourth-order valence-electron chi connectivity index (χ4n) is 1.94. The molecule has 0 spiro atoms. The number of hydrogen-bond donors (Lipinski definition) is 3. The molecule has 1 rings (SSSR count). The molecule has 3 N–H and O–H groups in total. The average Bonchev–Trinajstić information content (AvgIpc) is 2.49. The number of ether oxygens (including phenoxy) is 3. The van der Waals surface area contributed by atoms with E-state index in [4.69, 9.17) is 14.2 Å². The summed E-state index contributed by atoms with van der Waals surface area (Å²) in [5, 5.41) is 21.8.